The van der Waals surface area contributed by atoms with Crippen LogP contribution in [-0.2, 0) is 23.6 Å². The van der Waals surface area contributed by atoms with E-state index in [2.05, 4.69) is 44.3 Å². The summed E-state index contributed by atoms with van der Waals surface area (Å²) in [7, 11) is -1.91. The summed E-state index contributed by atoms with van der Waals surface area (Å²) in [6.45, 7) is 14.7. The van der Waals surface area contributed by atoms with Crippen molar-refractivity contribution in [2.45, 2.75) is 90.4 Å². The minimum Gasteiger partial charge on any atom is -0.290 e. The van der Waals surface area contributed by atoms with Gasteiger partial charge >= 0.3 is 5.69 Å². The zero-order chi connectivity index (χ0) is 25.9. The second-order valence-corrected chi connectivity index (χ2v) is 14.9. The van der Waals surface area contributed by atoms with Crippen molar-refractivity contribution < 1.29 is 8.42 Å². The van der Waals surface area contributed by atoms with Gasteiger partial charge in [-0.1, -0.05) is 34.6 Å². The van der Waals surface area contributed by atoms with Crippen molar-refractivity contribution in [2.24, 2.45) is 17.9 Å². The fourth-order valence-corrected chi connectivity index (χ4v) is 7.98. The lowest BCUT2D eigenvalue weighted by atomic mass is 9.69. The summed E-state index contributed by atoms with van der Waals surface area (Å²) < 4.78 is 33.2. The number of sulfonamides is 1. The summed E-state index contributed by atoms with van der Waals surface area (Å²) in [6.07, 6.45) is 2.44. The van der Waals surface area contributed by atoms with Gasteiger partial charge in [-0.3, -0.25) is 9.13 Å². The van der Waals surface area contributed by atoms with Crippen molar-refractivity contribution in [2.75, 3.05) is 0 Å². The maximum absolute atomic E-state index is 13.2. The van der Waals surface area contributed by atoms with Crippen molar-refractivity contribution in [3.05, 3.63) is 39.0 Å². The van der Waals surface area contributed by atoms with Crippen molar-refractivity contribution in [3.63, 3.8) is 0 Å². The summed E-state index contributed by atoms with van der Waals surface area (Å²) in [4.78, 5) is 22.1. The third kappa shape index (κ3) is 5.11. The number of thiazole rings is 1. The van der Waals surface area contributed by atoms with Crippen LogP contribution in [0.4, 0.5) is 0 Å². The molecule has 1 aliphatic rings. The Balaban J connectivity index is 1.65. The molecule has 1 fully saturated rings. The van der Waals surface area contributed by atoms with Crippen LogP contribution in [0.1, 0.15) is 76.2 Å². The lowest BCUT2D eigenvalue weighted by molar-refractivity contribution is 0.170. The van der Waals surface area contributed by atoms with E-state index in [1.807, 2.05) is 19.1 Å². The van der Waals surface area contributed by atoms with Crippen LogP contribution in [-0.4, -0.2) is 33.6 Å². The quantitative estimate of drug-likeness (QED) is 0.535. The molecular formula is C25H37N5O3S2. The van der Waals surface area contributed by atoms with Gasteiger partial charge in [-0.15, -0.1) is 11.3 Å². The van der Waals surface area contributed by atoms with Gasteiger partial charge < -0.3 is 0 Å². The molecule has 0 bridgehead atoms. The molecule has 8 nitrogen and oxygen atoms in total. The molecule has 0 aromatic carbocycles. The molecule has 192 valence electrons. The number of fused-ring (bicyclic) bond motifs is 1. The molecule has 3 heterocycles. The molecule has 10 heteroatoms. The van der Waals surface area contributed by atoms with E-state index in [9.17, 15) is 13.2 Å². The Hall–Kier alpha value is -2.04. The second kappa shape index (κ2) is 8.81. The van der Waals surface area contributed by atoms with E-state index < -0.39 is 10.0 Å². The molecule has 3 aromatic rings. The first-order valence-electron chi connectivity index (χ1n) is 12.1. The van der Waals surface area contributed by atoms with Gasteiger partial charge in [0.1, 0.15) is 0 Å². The van der Waals surface area contributed by atoms with E-state index in [0.717, 1.165) is 29.1 Å². The minimum atomic E-state index is -3.67. The van der Waals surface area contributed by atoms with Crippen LogP contribution in [0.15, 0.2) is 21.1 Å². The molecule has 2 unspecified atom stereocenters. The molecule has 0 spiro atoms. The number of imidazole rings is 1. The number of rotatable bonds is 5. The van der Waals surface area contributed by atoms with Crippen LogP contribution in [0.3, 0.4) is 0 Å². The van der Waals surface area contributed by atoms with Gasteiger partial charge in [0.2, 0.25) is 0 Å². The first-order chi connectivity index (χ1) is 16.1. The number of nitrogens with one attached hydrogen (secondary N) is 1. The Morgan fingerprint density at radius 1 is 1.20 bits per heavy atom. The largest absolute Gasteiger partial charge is 0.330 e. The zero-order valence-corrected chi connectivity index (χ0v) is 23.6. The highest BCUT2D eigenvalue weighted by Crippen LogP contribution is 2.43. The third-order valence-electron chi connectivity index (χ3n) is 7.06. The van der Waals surface area contributed by atoms with Gasteiger partial charge in [0.05, 0.1) is 16.2 Å². The molecule has 1 aliphatic carbocycles. The SMILES string of the molecule is Cc1nc(C)c(S(=O)(=O)NC2CC(c3ccc4c(n3)n(C)c(=O)n4CC(C)(C)C)CCC2(C)C)s1. The van der Waals surface area contributed by atoms with Crippen molar-refractivity contribution in [3.8, 4) is 0 Å². The summed E-state index contributed by atoms with van der Waals surface area (Å²) in [5.41, 5.74) is 2.67. The predicted octanol–water partition coefficient (Wildman–Crippen LogP) is 4.50. The van der Waals surface area contributed by atoms with E-state index >= 15 is 0 Å². The monoisotopic (exact) mass is 519 g/mol. The first kappa shape index (κ1) is 26.0. The van der Waals surface area contributed by atoms with E-state index in [1.54, 1.807) is 23.1 Å². The Labute approximate surface area is 211 Å². The molecule has 1 N–H and O–H groups in total. The summed E-state index contributed by atoms with van der Waals surface area (Å²) in [5, 5.41) is 0.741. The average molecular weight is 520 g/mol. The van der Waals surface area contributed by atoms with Crippen LogP contribution in [0, 0.1) is 24.7 Å². The van der Waals surface area contributed by atoms with E-state index in [0.29, 0.717) is 28.5 Å². The molecule has 4 rings (SSSR count). The van der Waals surface area contributed by atoms with E-state index in [-0.39, 0.29) is 28.5 Å². The Morgan fingerprint density at radius 2 is 1.89 bits per heavy atom. The van der Waals surface area contributed by atoms with Crippen LogP contribution >= 0.6 is 11.3 Å². The molecule has 0 radical (unpaired) electrons. The maximum atomic E-state index is 13.2. The standard InChI is InChI=1S/C25H37N5O3S2/c1-15-22(34-16(2)26-15)35(32,33)28-20-13-17(11-12-25(20,6)7)18-9-10-19-21(27-18)29(8)23(31)30(19)14-24(3,4)5/h9-10,17,20,28H,11-14H2,1-8H3. The number of hydrogen-bond donors (Lipinski definition) is 1. The molecule has 2 atom stereocenters. The van der Waals surface area contributed by atoms with Gasteiger partial charge in [0, 0.05) is 31.2 Å². The zero-order valence-electron chi connectivity index (χ0n) is 22.0. The molecule has 3 aromatic heterocycles. The number of aryl methyl sites for hydroxylation is 3. The second-order valence-electron chi connectivity index (χ2n) is 11.8. The first-order valence-corrected chi connectivity index (χ1v) is 14.4. The Morgan fingerprint density at radius 3 is 2.49 bits per heavy atom. The molecule has 0 aliphatic heterocycles. The van der Waals surface area contributed by atoms with Gasteiger partial charge in [0.25, 0.3) is 10.0 Å². The number of hydrogen-bond acceptors (Lipinski definition) is 6. The van der Waals surface area contributed by atoms with E-state index in [1.165, 1.54) is 11.3 Å². The highest BCUT2D eigenvalue weighted by atomic mass is 32.2. The summed E-state index contributed by atoms with van der Waals surface area (Å²) >= 11 is 1.21. The van der Waals surface area contributed by atoms with Crippen LogP contribution in [0.25, 0.3) is 11.2 Å². The lowest BCUT2D eigenvalue weighted by Crippen LogP contribution is -2.48. The Kier molecular flexibility index (Phi) is 6.56. The topological polar surface area (TPSA) is 98.9 Å². The normalized spacial score (nSPS) is 21.0. The molecule has 0 saturated heterocycles. The van der Waals surface area contributed by atoms with Crippen LogP contribution in [0.5, 0.6) is 0 Å². The van der Waals surface area contributed by atoms with Crippen LogP contribution in [0.2, 0.25) is 0 Å². The fraction of sp³-hybridized carbons (Fsp3) is 0.640. The minimum absolute atomic E-state index is 0.0366. The third-order valence-corrected chi connectivity index (χ3v) is 10.2. The predicted molar refractivity (Wildman–Crippen MR) is 140 cm³/mol. The molecule has 35 heavy (non-hydrogen) atoms. The van der Waals surface area contributed by atoms with Crippen LogP contribution < -0.4 is 10.4 Å². The van der Waals surface area contributed by atoms with E-state index in [4.69, 9.17) is 4.98 Å². The lowest BCUT2D eigenvalue weighted by Gasteiger charge is -2.42. The highest BCUT2D eigenvalue weighted by molar-refractivity contribution is 7.91. The number of nitrogens with zero attached hydrogens (tertiary/aromatic N) is 4. The van der Waals surface area contributed by atoms with Gasteiger partial charge in [0.15, 0.2) is 9.86 Å². The molecular weight excluding hydrogens is 482 g/mol. The van der Waals surface area contributed by atoms with Gasteiger partial charge in [-0.25, -0.2) is 27.9 Å². The smallest absolute Gasteiger partial charge is 0.290 e. The van der Waals surface area contributed by atoms with Crippen molar-refractivity contribution >= 4 is 32.5 Å². The highest BCUT2D eigenvalue weighted by Gasteiger charge is 2.40. The summed E-state index contributed by atoms with van der Waals surface area (Å²) in [5.74, 6) is 0.102. The van der Waals surface area contributed by atoms with Gasteiger partial charge in [-0.05, 0) is 56.1 Å². The number of pyridine rings is 1. The maximum Gasteiger partial charge on any atom is 0.330 e. The molecule has 1 saturated carbocycles. The Bertz CT molecular complexity index is 1420. The summed E-state index contributed by atoms with van der Waals surface area (Å²) in [6, 6.07) is 3.76. The van der Waals surface area contributed by atoms with Gasteiger partial charge in [-0.2, -0.15) is 0 Å². The fourth-order valence-electron chi connectivity index (χ4n) is 5.06. The number of aromatic nitrogens is 4. The van der Waals surface area contributed by atoms with Crippen molar-refractivity contribution in [1.82, 2.24) is 23.8 Å². The average Bonchev–Trinajstić information content (AvgIpc) is 3.20. The molecule has 0 amide bonds. The van der Waals surface area contributed by atoms with Crippen molar-refractivity contribution in [1.29, 1.82) is 0 Å².